The van der Waals surface area contributed by atoms with Gasteiger partial charge >= 0.3 is 12.1 Å². The summed E-state index contributed by atoms with van der Waals surface area (Å²) >= 11 is 3.57. The lowest BCUT2D eigenvalue weighted by atomic mass is 9.98. The summed E-state index contributed by atoms with van der Waals surface area (Å²) in [5, 5.41) is 10.4. The van der Waals surface area contributed by atoms with Crippen LogP contribution in [-0.4, -0.2) is 85.6 Å². The van der Waals surface area contributed by atoms with E-state index in [0.29, 0.717) is 23.1 Å². The Labute approximate surface area is 340 Å². The molecule has 0 unspecified atom stereocenters. The fourth-order valence-electron chi connectivity index (χ4n) is 7.02. The van der Waals surface area contributed by atoms with Crippen LogP contribution in [0.25, 0.3) is 0 Å². The summed E-state index contributed by atoms with van der Waals surface area (Å²) in [5.74, 6) is -1.41. The molecule has 2 amide bonds. The molecule has 0 bridgehead atoms. The average molecular weight is 851 g/mol. The normalized spacial score (nSPS) is 23.2. The number of benzene rings is 3. The maximum Gasteiger partial charge on any atom is 0.417 e. The monoisotopic (exact) mass is 849 g/mol. The second-order valence-electron chi connectivity index (χ2n) is 13.9. The number of hydrogen-bond acceptors (Lipinski definition) is 12. The van der Waals surface area contributed by atoms with Gasteiger partial charge in [0.1, 0.15) is 48.6 Å². The van der Waals surface area contributed by atoms with Gasteiger partial charge in [-0.25, -0.2) is 9.69 Å². The maximum atomic E-state index is 13.9. The van der Waals surface area contributed by atoms with Gasteiger partial charge < -0.3 is 42.7 Å². The molecule has 3 heterocycles. The van der Waals surface area contributed by atoms with Gasteiger partial charge in [-0.15, -0.1) is 0 Å². The third-order valence-corrected chi connectivity index (χ3v) is 10.6. The number of cyclic esters (lactones) is 1. The van der Waals surface area contributed by atoms with E-state index in [-0.39, 0.29) is 38.8 Å². The van der Waals surface area contributed by atoms with Crippen LogP contribution in [0.5, 0.6) is 0 Å². The first kappa shape index (κ1) is 42.2. The molecule has 0 radical (unpaired) electrons. The van der Waals surface area contributed by atoms with Gasteiger partial charge in [-0.05, 0) is 52.0 Å². The summed E-state index contributed by atoms with van der Waals surface area (Å²) < 4.78 is 49.0. The van der Waals surface area contributed by atoms with Crippen molar-refractivity contribution in [3.05, 3.63) is 130 Å². The number of aliphatic hydroxyl groups excluding tert-OH is 1. The molecule has 1 aromatic heterocycles. The van der Waals surface area contributed by atoms with Crippen molar-refractivity contribution < 1.29 is 57.1 Å². The molecule has 14 heteroatoms. The molecular formula is C43H48BrNO12. The van der Waals surface area contributed by atoms with Crippen LogP contribution in [0, 0.1) is 5.92 Å². The van der Waals surface area contributed by atoms with Crippen LogP contribution >= 0.6 is 15.9 Å². The lowest BCUT2D eigenvalue weighted by Gasteiger charge is -2.45. The van der Waals surface area contributed by atoms with E-state index >= 15 is 0 Å². The number of nitrogens with zero attached hydrogens (tertiary/aromatic N) is 1. The van der Waals surface area contributed by atoms with Crippen LogP contribution in [0.1, 0.15) is 60.6 Å². The fourth-order valence-corrected chi connectivity index (χ4v) is 7.53. The standard InChI is InChI=1S/C43H48BrNO12/c1-27(41(48)45-33(26-54-43(45)49)31-18-11-6-12-19-31)37(55-28(2)47)35-22-32(44)34(56-35)20-13-21-51-40-39(53-25-30-16-9-5-10-17-30)38(36(23-46)57-42(40)50-3)52-24-29-14-7-4-8-15-29/h4-12,14-19,22,27,33,36-40,42,46H,13,20-21,23-26H2,1-3H3/t27-,33+,36-,37-,38-,39+,40+,42+/m1/s1. The number of carbonyl (C=O) groups is 3. The molecule has 2 saturated heterocycles. The van der Waals surface area contributed by atoms with E-state index in [0.717, 1.165) is 21.6 Å². The first-order valence-electron chi connectivity index (χ1n) is 18.9. The highest BCUT2D eigenvalue weighted by atomic mass is 79.9. The highest BCUT2D eigenvalue weighted by molar-refractivity contribution is 9.10. The van der Waals surface area contributed by atoms with Crippen molar-refractivity contribution in [2.24, 2.45) is 5.92 Å². The Morgan fingerprint density at radius 1 is 0.895 bits per heavy atom. The SMILES string of the molecule is CO[C@H]1O[C@H](CO)[C@@H](OCc2ccccc2)[C@H](OCc2ccccc2)[C@@H]1OCCCc1oc([C@H](OC(C)=O)[C@@H](C)C(=O)N2C(=O)OC[C@H]2c2ccccc2)cc1Br. The summed E-state index contributed by atoms with van der Waals surface area (Å²) in [4.78, 5) is 40.1. The van der Waals surface area contributed by atoms with Crippen LogP contribution < -0.4 is 0 Å². The molecule has 304 valence electrons. The molecule has 2 aliphatic heterocycles. The largest absolute Gasteiger partial charge is 0.461 e. The van der Waals surface area contributed by atoms with E-state index < -0.39 is 66.7 Å². The van der Waals surface area contributed by atoms with E-state index in [9.17, 15) is 19.5 Å². The third-order valence-electron chi connectivity index (χ3n) is 9.92. The first-order valence-corrected chi connectivity index (χ1v) is 19.7. The van der Waals surface area contributed by atoms with Gasteiger partial charge in [-0.2, -0.15) is 0 Å². The molecule has 0 spiro atoms. The molecule has 0 aliphatic carbocycles. The Bertz CT molecular complexity index is 1890. The van der Waals surface area contributed by atoms with Crippen LogP contribution in [0.2, 0.25) is 0 Å². The van der Waals surface area contributed by atoms with Crippen molar-refractivity contribution in [2.75, 3.05) is 26.9 Å². The molecule has 13 nitrogen and oxygen atoms in total. The zero-order chi connectivity index (χ0) is 40.3. The highest BCUT2D eigenvalue weighted by Gasteiger charge is 2.49. The highest BCUT2D eigenvalue weighted by Crippen LogP contribution is 2.37. The van der Waals surface area contributed by atoms with E-state index in [1.54, 1.807) is 13.0 Å². The summed E-state index contributed by atoms with van der Waals surface area (Å²) in [6.07, 6.45) is -4.71. The quantitative estimate of drug-likeness (QED) is 0.0823. The second-order valence-corrected chi connectivity index (χ2v) is 14.7. The van der Waals surface area contributed by atoms with E-state index in [2.05, 4.69) is 15.9 Å². The molecule has 0 saturated carbocycles. The first-order chi connectivity index (χ1) is 27.7. The number of aryl methyl sites for hydroxylation is 1. The molecule has 3 aromatic carbocycles. The topological polar surface area (TPSA) is 152 Å². The number of halogens is 1. The number of methoxy groups -OCH3 is 1. The van der Waals surface area contributed by atoms with E-state index in [1.165, 1.54) is 14.0 Å². The fraction of sp³-hybridized carbons (Fsp3) is 0.419. The van der Waals surface area contributed by atoms with Crippen LogP contribution in [0.15, 0.2) is 106 Å². The molecule has 57 heavy (non-hydrogen) atoms. The van der Waals surface area contributed by atoms with Gasteiger partial charge in [-0.1, -0.05) is 91.0 Å². The Kier molecular flexibility index (Phi) is 15.1. The average Bonchev–Trinajstić information content (AvgIpc) is 3.81. The Hall–Kier alpha value is -4.41. The van der Waals surface area contributed by atoms with Crippen LogP contribution in [0.4, 0.5) is 4.79 Å². The Balaban J connectivity index is 1.14. The molecule has 4 aromatic rings. The van der Waals surface area contributed by atoms with Crippen molar-refractivity contribution in [1.29, 1.82) is 0 Å². The predicted octanol–water partition coefficient (Wildman–Crippen LogP) is 6.85. The molecular weight excluding hydrogens is 802 g/mol. The third kappa shape index (κ3) is 10.6. The number of rotatable bonds is 18. The molecule has 2 aliphatic rings. The van der Waals surface area contributed by atoms with Gasteiger partial charge in [0.05, 0.1) is 30.2 Å². The van der Waals surface area contributed by atoms with Crippen LogP contribution in [-0.2, 0) is 62.4 Å². The number of imide groups is 1. The van der Waals surface area contributed by atoms with Crippen molar-refractivity contribution >= 4 is 33.9 Å². The number of ether oxygens (including phenoxy) is 7. The van der Waals surface area contributed by atoms with Crippen molar-refractivity contribution in [3.8, 4) is 0 Å². The summed E-state index contributed by atoms with van der Waals surface area (Å²) in [6, 6.07) is 29.6. The van der Waals surface area contributed by atoms with E-state index in [1.807, 2.05) is 91.0 Å². The predicted molar refractivity (Wildman–Crippen MR) is 208 cm³/mol. The number of hydrogen-bond donors (Lipinski definition) is 1. The van der Waals surface area contributed by atoms with Crippen LogP contribution in [0.3, 0.4) is 0 Å². The minimum Gasteiger partial charge on any atom is -0.461 e. The van der Waals surface area contributed by atoms with Crippen molar-refractivity contribution in [1.82, 2.24) is 4.90 Å². The molecule has 8 atom stereocenters. The summed E-state index contributed by atoms with van der Waals surface area (Å²) in [7, 11) is 1.51. The number of carbonyl (C=O) groups excluding carboxylic acids is 3. The molecule has 6 rings (SSSR count). The molecule has 1 N–H and O–H groups in total. The van der Waals surface area contributed by atoms with E-state index in [4.69, 9.17) is 37.6 Å². The van der Waals surface area contributed by atoms with Crippen molar-refractivity contribution in [3.63, 3.8) is 0 Å². The number of esters is 1. The summed E-state index contributed by atoms with van der Waals surface area (Å²) in [5.41, 5.74) is 2.65. The maximum absolute atomic E-state index is 13.9. The number of aliphatic hydroxyl groups is 1. The van der Waals surface area contributed by atoms with Gasteiger partial charge in [0, 0.05) is 27.1 Å². The van der Waals surface area contributed by atoms with Gasteiger partial charge in [-0.3, -0.25) is 9.59 Å². The Morgan fingerprint density at radius 3 is 2.11 bits per heavy atom. The lowest BCUT2D eigenvalue weighted by Crippen LogP contribution is -2.61. The Morgan fingerprint density at radius 2 is 1.51 bits per heavy atom. The van der Waals surface area contributed by atoms with Crippen molar-refractivity contribution in [2.45, 2.75) is 82.8 Å². The smallest absolute Gasteiger partial charge is 0.417 e. The second kappa shape index (κ2) is 20.3. The lowest BCUT2D eigenvalue weighted by molar-refractivity contribution is -0.319. The van der Waals surface area contributed by atoms with Gasteiger partial charge in [0.2, 0.25) is 5.91 Å². The minimum absolute atomic E-state index is 0.0133. The van der Waals surface area contributed by atoms with Gasteiger partial charge in [0.25, 0.3) is 0 Å². The number of amides is 2. The minimum atomic E-state index is -1.13. The zero-order valence-electron chi connectivity index (χ0n) is 32.1. The zero-order valence-corrected chi connectivity index (χ0v) is 33.7. The van der Waals surface area contributed by atoms with Gasteiger partial charge in [0.15, 0.2) is 12.4 Å². The summed E-state index contributed by atoms with van der Waals surface area (Å²) in [6.45, 7) is 3.29. The number of furan rings is 1. The molecule has 2 fully saturated rings.